The highest BCUT2D eigenvalue weighted by Gasteiger charge is 2.35. The number of nitrogens with zero attached hydrogens (tertiary/aromatic N) is 2. The molecule has 0 aromatic rings. The summed E-state index contributed by atoms with van der Waals surface area (Å²) in [7, 11) is 0. The van der Waals surface area contributed by atoms with Crippen molar-refractivity contribution in [3.05, 3.63) is 0 Å². The minimum Gasteiger partial charge on any atom is -0.480 e. The van der Waals surface area contributed by atoms with Crippen LogP contribution in [0.25, 0.3) is 0 Å². The molecule has 1 aliphatic heterocycles. The molecule has 1 fully saturated rings. The standard InChI is InChI=1S/C43H81N17O11/c1-24(2)22-31(39(68)58-30(41(70)71)14-9-21-53-43(49)50)59-37(66)27(11-4-6-18-45)55-35(64)26(10-3-5-17-44)54-36(65)28(13-8-20-52-42(47)48)56-40(69)32(23-61)60-38(67)29(15-16-33(46)62)57-34(63)25-12-7-19-51-25/h24-32,51,61H,3-23,44-45H2,1-2H3,(H2,46,62)(H,54,65)(H,55,64)(H,56,69)(H,57,63)(H,58,68)(H,59,66)(H,60,67)(H,70,71)(H4,47,48,52)(H4,49,50,53)/t25-,26-,27-,28-,29-,30-,31-,32-/m0/s1. The molecule has 0 radical (unpaired) electrons. The second-order valence-electron chi connectivity index (χ2n) is 17.7. The summed E-state index contributed by atoms with van der Waals surface area (Å²) >= 11 is 0. The molecule has 0 aliphatic carbocycles. The number of carbonyl (C=O) groups excluding carboxylic acids is 8. The molecule has 28 heteroatoms. The fourth-order valence-electron chi connectivity index (χ4n) is 7.32. The summed E-state index contributed by atoms with van der Waals surface area (Å²) in [6.45, 7) is 3.86. The smallest absolute Gasteiger partial charge is 0.326 e. The van der Waals surface area contributed by atoms with Crippen molar-refractivity contribution in [2.45, 2.75) is 158 Å². The largest absolute Gasteiger partial charge is 0.480 e. The van der Waals surface area contributed by atoms with E-state index >= 15 is 0 Å². The van der Waals surface area contributed by atoms with Crippen molar-refractivity contribution in [3.63, 3.8) is 0 Å². The number of aliphatic hydroxyl groups is 1. The van der Waals surface area contributed by atoms with Gasteiger partial charge in [-0.3, -0.25) is 48.3 Å². The van der Waals surface area contributed by atoms with Crippen LogP contribution in [-0.2, 0) is 43.2 Å². The zero-order chi connectivity index (χ0) is 53.5. The summed E-state index contributed by atoms with van der Waals surface area (Å²) < 4.78 is 0. The Labute approximate surface area is 414 Å². The highest BCUT2D eigenvalue weighted by Crippen LogP contribution is 2.12. The lowest BCUT2D eigenvalue weighted by molar-refractivity contribution is -0.142. The molecule has 0 bridgehead atoms. The zero-order valence-corrected chi connectivity index (χ0v) is 41.0. The Morgan fingerprint density at radius 3 is 1.34 bits per heavy atom. The van der Waals surface area contributed by atoms with E-state index in [0.717, 1.165) is 6.42 Å². The molecule has 404 valence electrons. The Kier molecular flexibility index (Phi) is 30.7. The van der Waals surface area contributed by atoms with E-state index in [1.807, 2.05) is 0 Å². The summed E-state index contributed by atoms with van der Waals surface area (Å²) in [6, 6.07) is -10.2. The number of aliphatic carboxylic acids is 1. The molecule has 24 N–H and O–H groups in total. The first-order valence-electron chi connectivity index (χ1n) is 24.1. The normalized spacial score (nSPS) is 16.1. The number of nitrogens with two attached hydrogens (primary N) is 7. The molecule has 0 aromatic heterocycles. The van der Waals surface area contributed by atoms with Gasteiger partial charge in [-0.25, -0.2) is 4.79 Å². The number of hydrogen-bond acceptors (Lipinski definition) is 15. The predicted molar refractivity (Wildman–Crippen MR) is 263 cm³/mol. The number of unbranched alkanes of at least 4 members (excludes halogenated alkanes) is 2. The predicted octanol–water partition coefficient (Wildman–Crippen LogP) is -6.11. The van der Waals surface area contributed by atoms with Gasteiger partial charge in [0, 0.05) is 19.5 Å². The molecule has 1 aliphatic rings. The number of rotatable bonds is 37. The number of nitrogens with one attached hydrogen (secondary N) is 8. The monoisotopic (exact) mass is 1010 g/mol. The molecule has 0 unspecified atom stereocenters. The van der Waals surface area contributed by atoms with Crippen LogP contribution in [0.3, 0.4) is 0 Å². The van der Waals surface area contributed by atoms with Gasteiger partial charge in [0.1, 0.15) is 42.3 Å². The first-order chi connectivity index (χ1) is 33.6. The Morgan fingerprint density at radius 1 is 0.549 bits per heavy atom. The number of carbonyl (C=O) groups is 9. The van der Waals surface area contributed by atoms with Crippen LogP contribution in [0.1, 0.15) is 110 Å². The first-order valence-corrected chi connectivity index (χ1v) is 24.1. The molecule has 8 amide bonds. The lowest BCUT2D eigenvalue weighted by Gasteiger charge is -2.28. The van der Waals surface area contributed by atoms with E-state index in [0.29, 0.717) is 38.6 Å². The topological polar surface area (TPSA) is 497 Å². The van der Waals surface area contributed by atoms with Crippen LogP contribution in [0.2, 0.25) is 0 Å². The maximum absolute atomic E-state index is 14.2. The Bertz CT molecular complexity index is 1790. The first kappa shape index (κ1) is 62.6. The Balaban J connectivity index is 3.43. The average molecular weight is 1010 g/mol. The van der Waals surface area contributed by atoms with Crippen molar-refractivity contribution in [2.75, 3.05) is 39.3 Å². The second-order valence-corrected chi connectivity index (χ2v) is 17.7. The molecular weight excluding hydrogens is 931 g/mol. The molecule has 71 heavy (non-hydrogen) atoms. The molecule has 1 rings (SSSR count). The highest BCUT2D eigenvalue weighted by molar-refractivity contribution is 5.97. The number of guanidine groups is 2. The molecule has 0 aromatic carbocycles. The second kappa shape index (κ2) is 34.8. The van der Waals surface area contributed by atoms with E-state index in [2.05, 4.69) is 52.5 Å². The van der Waals surface area contributed by atoms with Gasteiger partial charge in [0.15, 0.2) is 11.9 Å². The van der Waals surface area contributed by atoms with Gasteiger partial charge in [0.2, 0.25) is 47.3 Å². The van der Waals surface area contributed by atoms with Gasteiger partial charge in [0.25, 0.3) is 0 Å². The number of carboxylic acid groups (broad SMARTS) is 1. The summed E-state index contributed by atoms with van der Waals surface area (Å²) in [6.07, 6.45) is 2.68. The molecule has 1 heterocycles. The molecule has 8 atom stereocenters. The van der Waals surface area contributed by atoms with Crippen LogP contribution >= 0.6 is 0 Å². The van der Waals surface area contributed by atoms with E-state index in [4.69, 9.17) is 40.1 Å². The van der Waals surface area contributed by atoms with Crippen molar-refractivity contribution in [2.24, 2.45) is 56.0 Å². The van der Waals surface area contributed by atoms with Crippen molar-refractivity contribution in [1.82, 2.24) is 42.5 Å². The van der Waals surface area contributed by atoms with Gasteiger partial charge in [0.05, 0.1) is 12.6 Å². The Hall–Kier alpha value is -6.39. The van der Waals surface area contributed by atoms with Crippen LogP contribution in [0, 0.1) is 5.92 Å². The SMILES string of the molecule is CC(C)C[C@H](NC(=O)[C@H](CCCCN)NC(=O)[C@H](CCCCN)NC(=O)[C@H](CCCN=C(N)N)NC(=O)[C@H](CO)NC(=O)[C@H](CCC(N)=O)NC(=O)[C@@H]1CCCN1)C(=O)N[C@@H](CCCN=C(N)N)C(=O)O. The third-order valence-corrected chi connectivity index (χ3v) is 11.1. The Morgan fingerprint density at radius 2 is 0.944 bits per heavy atom. The van der Waals surface area contributed by atoms with Crippen LogP contribution in [-0.4, -0.2) is 163 Å². The number of amides is 8. The third-order valence-electron chi connectivity index (χ3n) is 11.1. The summed E-state index contributed by atoms with van der Waals surface area (Å²) in [5.74, 6) is -8.31. The van der Waals surface area contributed by atoms with Gasteiger partial charge in [-0.05, 0) is 115 Å². The quantitative estimate of drug-likeness (QED) is 0.0156. The lowest BCUT2D eigenvalue weighted by Crippen LogP contribution is -2.60. The molecule has 0 spiro atoms. The molecule has 0 saturated carbocycles. The minimum atomic E-state index is -1.67. The summed E-state index contributed by atoms with van der Waals surface area (Å²) in [5.41, 5.74) is 38.4. The van der Waals surface area contributed by atoms with Gasteiger partial charge in [-0.15, -0.1) is 0 Å². The number of hydrogen-bond donors (Lipinski definition) is 17. The van der Waals surface area contributed by atoms with Crippen molar-refractivity contribution < 1.29 is 53.4 Å². The van der Waals surface area contributed by atoms with Gasteiger partial charge in [-0.1, -0.05) is 13.8 Å². The van der Waals surface area contributed by atoms with Gasteiger partial charge >= 0.3 is 5.97 Å². The summed E-state index contributed by atoms with van der Waals surface area (Å²) in [4.78, 5) is 127. The zero-order valence-electron chi connectivity index (χ0n) is 41.0. The van der Waals surface area contributed by atoms with Crippen LogP contribution < -0.4 is 82.7 Å². The van der Waals surface area contributed by atoms with E-state index in [1.54, 1.807) is 13.8 Å². The van der Waals surface area contributed by atoms with Gasteiger partial charge in [-0.2, -0.15) is 0 Å². The molecular formula is C43H81N17O11. The van der Waals surface area contributed by atoms with E-state index in [-0.39, 0.29) is 102 Å². The highest BCUT2D eigenvalue weighted by atomic mass is 16.4. The van der Waals surface area contributed by atoms with E-state index in [9.17, 15) is 53.4 Å². The fraction of sp³-hybridized carbons (Fsp3) is 0.744. The van der Waals surface area contributed by atoms with Crippen molar-refractivity contribution in [1.29, 1.82) is 0 Å². The van der Waals surface area contributed by atoms with Gasteiger partial charge < -0.3 is 92.9 Å². The van der Waals surface area contributed by atoms with E-state index < -0.39 is 108 Å². The third kappa shape index (κ3) is 26.4. The molecule has 1 saturated heterocycles. The number of aliphatic imine (C=N–C) groups is 2. The van der Waals surface area contributed by atoms with Crippen LogP contribution in [0.5, 0.6) is 0 Å². The fourth-order valence-corrected chi connectivity index (χ4v) is 7.32. The van der Waals surface area contributed by atoms with Crippen LogP contribution in [0.4, 0.5) is 0 Å². The minimum absolute atomic E-state index is 0.0167. The van der Waals surface area contributed by atoms with E-state index in [1.165, 1.54) is 0 Å². The number of carboxylic acids is 1. The number of aliphatic hydroxyl groups excluding tert-OH is 1. The maximum Gasteiger partial charge on any atom is 0.326 e. The lowest BCUT2D eigenvalue weighted by atomic mass is 10.0. The van der Waals surface area contributed by atoms with Crippen molar-refractivity contribution >= 4 is 65.1 Å². The maximum atomic E-state index is 14.2. The molecule has 28 nitrogen and oxygen atoms in total. The summed E-state index contributed by atoms with van der Waals surface area (Å²) in [5, 5.41) is 41.0. The van der Waals surface area contributed by atoms with Crippen LogP contribution in [0.15, 0.2) is 9.98 Å². The number of primary amides is 1. The van der Waals surface area contributed by atoms with Crippen molar-refractivity contribution in [3.8, 4) is 0 Å². The average Bonchev–Trinajstić information content (AvgIpc) is 3.85.